The average Bonchev–Trinajstić information content (AvgIpc) is 3.85. The first-order valence-electron chi connectivity index (χ1n) is 18.7. The number of fused-ring (bicyclic) bond motifs is 3. The van der Waals surface area contributed by atoms with Crippen LogP contribution in [0.15, 0.2) is 47.4 Å². The zero-order chi connectivity index (χ0) is 37.3. The van der Waals surface area contributed by atoms with Crippen LogP contribution in [0.1, 0.15) is 86.5 Å². The number of esters is 1. The number of hydrogen-bond acceptors (Lipinski definition) is 11. The molecule has 282 valence electrons. The highest BCUT2D eigenvalue weighted by atomic mass is 16.6. The van der Waals surface area contributed by atoms with Crippen molar-refractivity contribution < 1.29 is 48.7 Å². The number of ketones is 1. The number of nitrogens with one attached hydrogen (secondary N) is 2. The van der Waals surface area contributed by atoms with Crippen molar-refractivity contribution in [3.63, 3.8) is 0 Å². The lowest BCUT2D eigenvalue weighted by atomic mass is 9.73. The summed E-state index contributed by atoms with van der Waals surface area (Å²) in [6.07, 6.45) is 5.85. The second-order valence-corrected chi connectivity index (χ2v) is 14.4. The monoisotopic (exact) mass is 728 g/mol. The van der Waals surface area contributed by atoms with Crippen LogP contribution in [-0.4, -0.2) is 83.5 Å². The number of unbranched alkanes of at least 4 members (excludes halogenated alkanes) is 1. The molecular formula is C41H48N2O10. The number of H-pyrrole nitrogens is 1. The van der Waals surface area contributed by atoms with Gasteiger partial charge in [-0.1, -0.05) is 11.6 Å². The standard InChI is InChI=1S/C41H48N2O10/c1-3-51-40(48)39-29(21-45)34(25-7-9-32(47)27(19-25)23-6-8-31-24(18-23)10-16-43-31)35-37(50-2)28-20-33(52-36(28)30(22-46)38(35)53-39)41(49,13-4-5-17-44)26-11-14-42-15-12-26/h6,8,10,16,18,21,26-27,33,42-44,46,49H,3-5,7,9,11-15,17,19-20,22H2,1-2H3. The molecule has 2 fully saturated rings. The van der Waals surface area contributed by atoms with E-state index in [1.807, 2.05) is 30.5 Å². The number of rotatable bonds is 12. The fraction of sp³-hybridized carbons (Fsp3) is 0.488. The summed E-state index contributed by atoms with van der Waals surface area (Å²) in [5.74, 6) is -0.898. The van der Waals surface area contributed by atoms with E-state index >= 15 is 0 Å². The number of aliphatic hydroxyl groups excluding tert-OH is 2. The Kier molecular flexibility index (Phi) is 10.8. The van der Waals surface area contributed by atoms with E-state index in [1.165, 1.54) is 7.11 Å². The number of aldehydes is 1. The quantitative estimate of drug-likeness (QED) is 0.100. The zero-order valence-corrected chi connectivity index (χ0v) is 30.3. The molecule has 1 saturated carbocycles. The first kappa shape index (κ1) is 36.9. The van der Waals surface area contributed by atoms with Crippen LogP contribution in [0, 0.1) is 5.92 Å². The summed E-state index contributed by atoms with van der Waals surface area (Å²) < 4.78 is 24.5. The Hall–Kier alpha value is -4.49. The van der Waals surface area contributed by atoms with E-state index in [9.17, 15) is 29.7 Å². The predicted molar refractivity (Wildman–Crippen MR) is 196 cm³/mol. The van der Waals surface area contributed by atoms with Gasteiger partial charge in [0.25, 0.3) is 0 Å². The van der Waals surface area contributed by atoms with Gasteiger partial charge in [0.15, 0.2) is 6.29 Å². The maximum Gasteiger partial charge on any atom is 0.375 e. The maximum absolute atomic E-state index is 13.6. The predicted octanol–water partition coefficient (Wildman–Crippen LogP) is 4.56. The number of ether oxygens (including phenoxy) is 4. The van der Waals surface area contributed by atoms with Gasteiger partial charge in [-0.2, -0.15) is 0 Å². The molecule has 1 aromatic heterocycles. The van der Waals surface area contributed by atoms with E-state index in [1.54, 1.807) is 6.92 Å². The third-order valence-corrected chi connectivity index (χ3v) is 11.5. The van der Waals surface area contributed by atoms with E-state index in [0.29, 0.717) is 60.2 Å². The van der Waals surface area contributed by atoms with Gasteiger partial charge >= 0.3 is 5.97 Å². The lowest BCUT2D eigenvalue weighted by molar-refractivity contribution is -0.141. The SMILES string of the molecule is CCOC(=O)C1=C(C=O)C(=C2CCC(=O)C(c3ccc4[nH]ccc4c3)C2)c2c(OC)c3c(c(CO)c2O1)OC(C(O)(CCCCO)C1CCNCC1)C3. The molecule has 3 unspecified atom stereocenters. The largest absolute Gasteiger partial charge is 0.496 e. The fourth-order valence-electron chi connectivity index (χ4n) is 8.91. The normalized spacial score (nSPS) is 22.8. The number of aromatic nitrogens is 1. The summed E-state index contributed by atoms with van der Waals surface area (Å²) in [5, 5.41) is 37.4. The summed E-state index contributed by atoms with van der Waals surface area (Å²) in [4.78, 5) is 43.4. The molecule has 4 heterocycles. The molecule has 3 aliphatic heterocycles. The number of piperidine rings is 1. The number of aromatic amines is 1. The van der Waals surface area contributed by atoms with Gasteiger partial charge in [0.05, 0.1) is 37.0 Å². The fourth-order valence-corrected chi connectivity index (χ4v) is 8.91. The summed E-state index contributed by atoms with van der Waals surface area (Å²) in [7, 11) is 1.51. The van der Waals surface area contributed by atoms with Gasteiger partial charge in [-0.25, -0.2) is 4.79 Å². The molecular weight excluding hydrogens is 680 g/mol. The average molecular weight is 729 g/mol. The molecule has 3 atom stereocenters. The highest BCUT2D eigenvalue weighted by Gasteiger charge is 2.50. The molecule has 5 N–H and O–H groups in total. The van der Waals surface area contributed by atoms with Gasteiger partial charge in [0, 0.05) is 48.2 Å². The van der Waals surface area contributed by atoms with Crippen LogP contribution < -0.4 is 19.5 Å². The number of carbonyl (C=O) groups excluding carboxylic acids is 3. The van der Waals surface area contributed by atoms with Crippen LogP contribution in [0.4, 0.5) is 0 Å². The molecule has 2 aromatic carbocycles. The van der Waals surface area contributed by atoms with Crippen LogP contribution >= 0.6 is 0 Å². The second-order valence-electron chi connectivity index (χ2n) is 14.4. The molecule has 0 spiro atoms. The minimum absolute atomic E-state index is 0.0140. The van der Waals surface area contributed by atoms with Crippen molar-refractivity contribution in [3.05, 3.63) is 69.6 Å². The zero-order valence-electron chi connectivity index (χ0n) is 30.3. The number of aliphatic hydroxyl groups is 3. The molecule has 0 amide bonds. The van der Waals surface area contributed by atoms with Crippen molar-refractivity contribution in [2.75, 3.05) is 33.4 Å². The third-order valence-electron chi connectivity index (χ3n) is 11.5. The van der Waals surface area contributed by atoms with Crippen LogP contribution in [0.3, 0.4) is 0 Å². The Balaban J connectivity index is 1.40. The molecule has 12 nitrogen and oxygen atoms in total. The van der Waals surface area contributed by atoms with Gasteiger partial charge in [-0.15, -0.1) is 0 Å². The van der Waals surface area contributed by atoms with Gasteiger partial charge in [0.2, 0.25) is 5.76 Å². The third kappa shape index (κ3) is 6.56. The number of hydrogen-bond donors (Lipinski definition) is 5. The van der Waals surface area contributed by atoms with Crippen LogP contribution in [0.25, 0.3) is 16.5 Å². The number of Topliss-reactive ketones (excluding diaryl/α,β-unsaturated/α-hetero) is 1. The minimum atomic E-state index is -1.25. The minimum Gasteiger partial charge on any atom is -0.496 e. The summed E-state index contributed by atoms with van der Waals surface area (Å²) >= 11 is 0. The van der Waals surface area contributed by atoms with Gasteiger partial charge < -0.3 is 44.6 Å². The Morgan fingerprint density at radius 3 is 2.62 bits per heavy atom. The van der Waals surface area contributed by atoms with Gasteiger partial charge in [0.1, 0.15) is 34.7 Å². The van der Waals surface area contributed by atoms with Crippen molar-refractivity contribution in [2.45, 2.75) is 88.9 Å². The summed E-state index contributed by atoms with van der Waals surface area (Å²) in [5.41, 5.74) is 2.98. The smallest absolute Gasteiger partial charge is 0.375 e. The maximum atomic E-state index is 13.6. The highest BCUT2D eigenvalue weighted by Crippen LogP contribution is 2.57. The second kappa shape index (κ2) is 15.5. The molecule has 1 saturated heterocycles. The van der Waals surface area contributed by atoms with Crippen molar-refractivity contribution in [1.29, 1.82) is 0 Å². The van der Waals surface area contributed by atoms with E-state index in [-0.39, 0.29) is 66.8 Å². The topological polar surface area (TPSA) is 177 Å². The molecule has 0 radical (unpaired) electrons. The first-order valence-corrected chi connectivity index (χ1v) is 18.7. The number of allylic oxidation sites excluding steroid dienone is 3. The van der Waals surface area contributed by atoms with Crippen LogP contribution in [-0.2, 0) is 32.1 Å². The van der Waals surface area contributed by atoms with Crippen LogP contribution in [0.5, 0.6) is 17.2 Å². The highest BCUT2D eigenvalue weighted by molar-refractivity contribution is 6.11. The number of methoxy groups -OCH3 is 1. The van der Waals surface area contributed by atoms with E-state index in [4.69, 9.17) is 18.9 Å². The van der Waals surface area contributed by atoms with Crippen molar-refractivity contribution in [1.82, 2.24) is 10.3 Å². The number of carbonyl (C=O) groups is 3. The molecule has 1 aliphatic carbocycles. The molecule has 3 aromatic rings. The Labute approximate surface area is 308 Å². The van der Waals surface area contributed by atoms with E-state index in [0.717, 1.165) is 48.0 Å². The summed E-state index contributed by atoms with van der Waals surface area (Å²) in [6.45, 7) is 2.68. The summed E-state index contributed by atoms with van der Waals surface area (Å²) in [6, 6.07) is 7.84. The number of benzene rings is 2. The Morgan fingerprint density at radius 2 is 1.91 bits per heavy atom. The Morgan fingerprint density at radius 1 is 1.09 bits per heavy atom. The lowest BCUT2D eigenvalue weighted by Gasteiger charge is -2.42. The molecule has 53 heavy (non-hydrogen) atoms. The van der Waals surface area contributed by atoms with Crippen LogP contribution in [0.2, 0.25) is 0 Å². The van der Waals surface area contributed by atoms with Crippen molar-refractivity contribution in [2.24, 2.45) is 5.92 Å². The van der Waals surface area contributed by atoms with Crippen molar-refractivity contribution in [3.8, 4) is 17.2 Å². The molecule has 12 heteroatoms. The Bertz CT molecular complexity index is 1970. The lowest BCUT2D eigenvalue weighted by Crippen LogP contribution is -2.53. The molecule has 4 aliphatic rings. The van der Waals surface area contributed by atoms with Gasteiger partial charge in [-0.05, 0) is 100 Å². The molecule has 0 bridgehead atoms. The molecule has 7 rings (SSSR count). The van der Waals surface area contributed by atoms with E-state index < -0.39 is 30.2 Å². The van der Waals surface area contributed by atoms with E-state index in [2.05, 4.69) is 10.3 Å². The first-order chi connectivity index (χ1) is 25.8. The van der Waals surface area contributed by atoms with Crippen molar-refractivity contribution >= 4 is 34.5 Å². The van der Waals surface area contributed by atoms with Gasteiger partial charge in [-0.3, -0.25) is 9.59 Å².